The van der Waals surface area contributed by atoms with Crippen molar-refractivity contribution >= 4 is 21.6 Å². The van der Waals surface area contributed by atoms with Gasteiger partial charge in [-0.3, -0.25) is 0 Å². The average Bonchev–Trinajstić information content (AvgIpc) is 2.36. The molecule has 0 aliphatic rings. The summed E-state index contributed by atoms with van der Waals surface area (Å²) in [5, 5.41) is 9.31. The molecule has 0 fully saturated rings. The maximum absolute atomic E-state index is 12.7. The van der Waals surface area contributed by atoms with Gasteiger partial charge in [0.15, 0.2) is 0 Å². The summed E-state index contributed by atoms with van der Waals surface area (Å²) >= 11 is 6.01. The van der Waals surface area contributed by atoms with Crippen molar-refractivity contribution in [2.75, 3.05) is 7.05 Å². The molecule has 0 bridgehead atoms. The molecule has 1 unspecified atom stereocenters. The molecule has 1 atom stereocenters. The molecular weight excluding hydrogens is 298 g/mol. The van der Waals surface area contributed by atoms with Crippen molar-refractivity contribution in [2.24, 2.45) is 5.41 Å². The van der Waals surface area contributed by atoms with Crippen molar-refractivity contribution < 1.29 is 13.5 Å². The Kier molecular flexibility index (Phi) is 5.24. The van der Waals surface area contributed by atoms with Gasteiger partial charge in [0.1, 0.15) is 4.90 Å². The van der Waals surface area contributed by atoms with Gasteiger partial charge in [0.25, 0.3) is 0 Å². The van der Waals surface area contributed by atoms with E-state index in [2.05, 4.69) is 0 Å². The Balaban J connectivity index is 3.30. The zero-order valence-corrected chi connectivity index (χ0v) is 14.1. The molecule has 4 nitrogen and oxygen atoms in total. The first-order chi connectivity index (χ1) is 9.01. The molecule has 6 heteroatoms. The lowest BCUT2D eigenvalue weighted by molar-refractivity contribution is 0.216. The maximum Gasteiger partial charge on any atom is 0.244 e. The van der Waals surface area contributed by atoms with Crippen LogP contribution in [0, 0.1) is 5.41 Å². The molecule has 1 rings (SSSR count). The van der Waals surface area contributed by atoms with E-state index < -0.39 is 10.0 Å². The minimum atomic E-state index is -3.69. The van der Waals surface area contributed by atoms with Crippen LogP contribution in [0.5, 0.6) is 0 Å². The van der Waals surface area contributed by atoms with Crippen molar-refractivity contribution in [3.8, 4) is 0 Å². The van der Waals surface area contributed by atoms with Gasteiger partial charge in [-0.1, -0.05) is 38.4 Å². The minimum Gasteiger partial charge on any atom is -0.392 e. The third-order valence-electron chi connectivity index (χ3n) is 3.63. The van der Waals surface area contributed by atoms with Gasteiger partial charge >= 0.3 is 0 Å². The highest BCUT2D eigenvalue weighted by Gasteiger charge is 2.33. The summed E-state index contributed by atoms with van der Waals surface area (Å²) in [7, 11) is -2.15. The molecule has 0 aliphatic heterocycles. The number of aliphatic hydroxyl groups is 1. The molecule has 114 valence electrons. The number of sulfonamides is 1. The third-order valence-corrected chi connectivity index (χ3v) is 6.04. The van der Waals surface area contributed by atoms with Crippen LogP contribution in [-0.2, 0) is 16.6 Å². The van der Waals surface area contributed by atoms with E-state index >= 15 is 0 Å². The van der Waals surface area contributed by atoms with Crippen molar-refractivity contribution in [3.63, 3.8) is 0 Å². The van der Waals surface area contributed by atoms with Crippen LogP contribution >= 0.6 is 11.6 Å². The minimum absolute atomic E-state index is 0.0318. The normalized spacial score (nSPS) is 14.6. The van der Waals surface area contributed by atoms with Gasteiger partial charge in [0.2, 0.25) is 10.0 Å². The fraction of sp³-hybridized carbons (Fsp3) is 0.571. The van der Waals surface area contributed by atoms with E-state index in [1.54, 1.807) is 13.1 Å². The fourth-order valence-electron chi connectivity index (χ4n) is 1.75. The number of aliphatic hydroxyl groups excluding tert-OH is 1. The van der Waals surface area contributed by atoms with Crippen molar-refractivity contribution in [2.45, 2.75) is 45.2 Å². The van der Waals surface area contributed by atoms with Crippen molar-refractivity contribution in [1.82, 2.24) is 4.31 Å². The first-order valence-electron chi connectivity index (χ1n) is 6.39. The zero-order valence-electron chi connectivity index (χ0n) is 12.5. The summed E-state index contributed by atoms with van der Waals surface area (Å²) < 4.78 is 26.7. The van der Waals surface area contributed by atoms with Crippen LogP contribution in [0.25, 0.3) is 0 Å². The number of rotatable bonds is 4. The number of halogens is 1. The average molecular weight is 320 g/mol. The van der Waals surface area contributed by atoms with E-state index in [-0.39, 0.29) is 28.0 Å². The second-order valence-electron chi connectivity index (χ2n) is 5.99. The third kappa shape index (κ3) is 3.52. The van der Waals surface area contributed by atoms with Gasteiger partial charge in [0.05, 0.1) is 11.6 Å². The molecule has 20 heavy (non-hydrogen) atoms. The molecule has 1 aromatic carbocycles. The Morgan fingerprint density at radius 3 is 2.35 bits per heavy atom. The van der Waals surface area contributed by atoms with E-state index in [1.165, 1.54) is 16.4 Å². The second kappa shape index (κ2) is 6.02. The van der Waals surface area contributed by atoms with Crippen LogP contribution in [-0.4, -0.2) is 30.9 Å². The second-order valence-corrected chi connectivity index (χ2v) is 8.36. The van der Waals surface area contributed by atoms with E-state index in [9.17, 15) is 8.42 Å². The summed E-state index contributed by atoms with van der Waals surface area (Å²) in [5.74, 6) is 0. The van der Waals surface area contributed by atoms with Crippen LogP contribution in [0.1, 0.15) is 33.3 Å². The van der Waals surface area contributed by atoms with Gasteiger partial charge in [-0.2, -0.15) is 4.31 Å². The lowest BCUT2D eigenvalue weighted by Crippen LogP contribution is -2.42. The van der Waals surface area contributed by atoms with Gasteiger partial charge in [-0.15, -0.1) is 0 Å². The number of nitrogens with zero attached hydrogens (tertiary/aromatic N) is 1. The maximum atomic E-state index is 12.7. The zero-order chi connectivity index (χ0) is 15.7. The van der Waals surface area contributed by atoms with Crippen molar-refractivity contribution in [3.05, 3.63) is 28.8 Å². The first kappa shape index (κ1) is 17.4. The van der Waals surface area contributed by atoms with E-state index in [0.717, 1.165) is 0 Å². The highest BCUT2D eigenvalue weighted by Crippen LogP contribution is 2.31. The standard InChI is InChI=1S/C14H22ClNO3S/c1-10(14(2,3)4)16(5)20(18,19)13-8-11(9-17)6-7-12(13)15/h6-8,10,17H,9H2,1-5H3. The smallest absolute Gasteiger partial charge is 0.244 e. The Bertz CT molecular complexity index is 579. The Labute approximate surface area is 126 Å². The van der Waals surface area contributed by atoms with E-state index in [0.29, 0.717) is 5.56 Å². The quantitative estimate of drug-likeness (QED) is 0.928. The predicted molar refractivity (Wildman–Crippen MR) is 81.2 cm³/mol. The molecule has 0 aromatic heterocycles. The summed E-state index contributed by atoms with van der Waals surface area (Å²) in [6, 6.07) is 4.33. The largest absolute Gasteiger partial charge is 0.392 e. The molecule has 0 spiro atoms. The lowest BCUT2D eigenvalue weighted by atomic mass is 9.88. The molecule has 0 heterocycles. The molecule has 0 saturated carbocycles. The molecule has 1 N–H and O–H groups in total. The van der Waals surface area contributed by atoms with E-state index in [1.807, 2.05) is 27.7 Å². The van der Waals surface area contributed by atoms with Crippen LogP contribution < -0.4 is 0 Å². The van der Waals surface area contributed by atoms with E-state index in [4.69, 9.17) is 16.7 Å². The Hall–Kier alpha value is -0.620. The molecular formula is C14H22ClNO3S. The molecule has 1 aromatic rings. The van der Waals surface area contributed by atoms with Gasteiger partial charge in [0, 0.05) is 13.1 Å². The number of benzene rings is 1. The topological polar surface area (TPSA) is 57.6 Å². The highest BCUT2D eigenvalue weighted by molar-refractivity contribution is 7.89. The monoisotopic (exact) mass is 319 g/mol. The van der Waals surface area contributed by atoms with Crippen LogP contribution in [0.15, 0.2) is 23.1 Å². The number of hydrogen-bond acceptors (Lipinski definition) is 3. The number of hydrogen-bond donors (Lipinski definition) is 1. The van der Waals surface area contributed by atoms with Crippen LogP contribution in [0.3, 0.4) is 0 Å². The highest BCUT2D eigenvalue weighted by atomic mass is 35.5. The summed E-state index contributed by atoms with van der Waals surface area (Å²) in [4.78, 5) is 0.0318. The molecule has 0 amide bonds. The summed E-state index contributed by atoms with van der Waals surface area (Å²) in [6.45, 7) is 7.58. The molecule has 0 saturated heterocycles. The lowest BCUT2D eigenvalue weighted by Gasteiger charge is -2.34. The van der Waals surface area contributed by atoms with Gasteiger partial charge in [-0.25, -0.2) is 8.42 Å². The first-order valence-corrected chi connectivity index (χ1v) is 8.21. The molecule has 0 radical (unpaired) electrons. The Morgan fingerprint density at radius 1 is 1.35 bits per heavy atom. The van der Waals surface area contributed by atoms with Gasteiger partial charge in [-0.05, 0) is 30.0 Å². The van der Waals surface area contributed by atoms with Crippen LogP contribution in [0.4, 0.5) is 0 Å². The fourth-order valence-corrected chi connectivity index (χ4v) is 3.82. The summed E-state index contributed by atoms with van der Waals surface area (Å²) in [5.41, 5.74) is 0.327. The SMILES string of the molecule is CC(N(C)S(=O)(=O)c1cc(CO)ccc1Cl)C(C)(C)C. The predicted octanol–water partition coefficient (Wildman–Crippen LogP) is 2.89. The van der Waals surface area contributed by atoms with Gasteiger partial charge < -0.3 is 5.11 Å². The molecule has 0 aliphatic carbocycles. The Morgan fingerprint density at radius 2 is 1.90 bits per heavy atom. The van der Waals surface area contributed by atoms with Crippen LogP contribution in [0.2, 0.25) is 5.02 Å². The van der Waals surface area contributed by atoms with Crippen molar-refractivity contribution in [1.29, 1.82) is 0 Å². The summed E-state index contributed by atoms with van der Waals surface area (Å²) in [6.07, 6.45) is 0.